The summed E-state index contributed by atoms with van der Waals surface area (Å²) in [6.07, 6.45) is 5.94. The summed E-state index contributed by atoms with van der Waals surface area (Å²) in [5.41, 5.74) is 0.644. The van der Waals surface area contributed by atoms with Gasteiger partial charge in [0.05, 0.1) is 31.2 Å². The Kier molecular flexibility index (Phi) is 5.87. The second-order valence-electron chi connectivity index (χ2n) is 6.19. The predicted molar refractivity (Wildman–Crippen MR) is 89.3 cm³/mol. The van der Waals surface area contributed by atoms with E-state index >= 15 is 0 Å². The van der Waals surface area contributed by atoms with Crippen LogP contribution in [0.4, 0.5) is 10.5 Å². The lowest BCUT2D eigenvalue weighted by molar-refractivity contribution is 0.0524. The van der Waals surface area contributed by atoms with Gasteiger partial charge in [-0.3, -0.25) is 0 Å². The molecule has 24 heavy (non-hydrogen) atoms. The fourth-order valence-electron chi connectivity index (χ4n) is 3.09. The lowest BCUT2D eigenvalue weighted by Crippen LogP contribution is -2.44. The van der Waals surface area contributed by atoms with Crippen molar-refractivity contribution in [1.82, 2.24) is 9.88 Å². The number of ether oxygens (including phenoxy) is 3. The molecule has 2 amide bonds. The SMILES string of the molecule is COc1ccc(NC(=O)N(C[C@H]2CCCO2)C[C@H]2CCCO2)cn1. The fourth-order valence-corrected chi connectivity index (χ4v) is 3.09. The highest BCUT2D eigenvalue weighted by Crippen LogP contribution is 2.18. The zero-order valence-electron chi connectivity index (χ0n) is 14.1. The first-order chi connectivity index (χ1) is 11.7. The lowest BCUT2D eigenvalue weighted by atomic mass is 10.2. The molecule has 0 bridgehead atoms. The first kappa shape index (κ1) is 17.0. The monoisotopic (exact) mass is 335 g/mol. The molecule has 2 aliphatic heterocycles. The van der Waals surface area contributed by atoms with Gasteiger partial charge in [-0.15, -0.1) is 0 Å². The zero-order valence-corrected chi connectivity index (χ0v) is 14.1. The topological polar surface area (TPSA) is 72.9 Å². The van der Waals surface area contributed by atoms with Crippen LogP contribution in [0.3, 0.4) is 0 Å². The summed E-state index contributed by atoms with van der Waals surface area (Å²) in [6.45, 7) is 2.75. The van der Waals surface area contributed by atoms with Crippen LogP contribution < -0.4 is 10.1 Å². The number of nitrogens with one attached hydrogen (secondary N) is 1. The molecule has 7 heteroatoms. The van der Waals surface area contributed by atoms with E-state index in [0.717, 1.165) is 38.9 Å². The van der Waals surface area contributed by atoms with E-state index in [1.165, 1.54) is 0 Å². The largest absolute Gasteiger partial charge is 0.481 e. The van der Waals surface area contributed by atoms with Gasteiger partial charge in [0.1, 0.15) is 0 Å². The second-order valence-corrected chi connectivity index (χ2v) is 6.19. The van der Waals surface area contributed by atoms with E-state index in [-0.39, 0.29) is 18.2 Å². The number of pyridine rings is 1. The zero-order chi connectivity index (χ0) is 16.8. The van der Waals surface area contributed by atoms with Crippen LogP contribution in [0.15, 0.2) is 18.3 Å². The summed E-state index contributed by atoms with van der Waals surface area (Å²) in [6, 6.07) is 3.35. The number of hydrogen-bond donors (Lipinski definition) is 1. The van der Waals surface area contributed by atoms with Crippen LogP contribution in [-0.4, -0.2) is 61.5 Å². The number of methoxy groups -OCH3 is 1. The van der Waals surface area contributed by atoms with Crippen LogP contribution in [0.25, 0.3) is 0 Å². The minimum atomic E-state index is -0.145. The maximum absolute atomic E-state index is 12.7. The first-order valence-corrected chi connectivity index (χ1v) is 8.54. The van der Waals surface area contributed by atoms with Crippen molar-refractivity contribution < 1.29 is 19.0 Å². The van der Waals surface area contributed by atoms with Crippen molar-refractivity contribution in [2.45, 2.75) is 37.9 Å². The third kappa shape index (κ3) is 4.58. The molecule has 0 aromatic carbocycles. The quantitative estimate of drug-likeness (QED) is 0.863. The fraction of sp³-hybridized carbons (Fsp3) is 0.647. The minimum absolute atomic E-state index is 0.117. The van der Waals surface area contributed by atoms with E-state index in [1.54, 1.807) is 30.3 Å². The molecule has 132 valence electrons. The molecule has 3 rings (SSSR count). The summed E-state index contributed by atoms with van der Waals surface area (Å²) in [5, 5.41) is 2.90. The standard InChI is InChI=1S/C17H25N3O4/c1-22-16-7-6-13(10-18-16)19-17(21)20(11-14-4-2-8-23-14)12-15-5-3-9-24-15/h6-7,10,14-15H,2-5,8-9,11-12H2,1H3,(H,19,21)/t14-,15-/m1/s1. The van der Waals surface area contributed by atoms with E-state index in [0.29, 0.717) is 24.7 Å². The van der Waals surface area contributed by atoms with Crippen molar-refractivity contribution in [3.8, 4) is 5.88 Å². The maximum atomic E-state index is 12.7. The van der Waals surface area contributed by atoms with Crippen LogP contribution in [0, 0.1) is 0 Å². The molecular weight excluding hydrogens is 310 g/mol. The van der Waals surface area contributed by atoms with Gasteiger partial charge >= 0.3 is 6.03 Å². The molecule has 1 aromatic heterocycles. The Hall–Kier alpha value is -1.86. The number of nitrogens with zero attached hydrogens (tertiary/aromatic N) is 2. The van der Waals surface area contributed by atoms with Crippen molar-refractivity contribution in [2.75, 3.05) is 38.7 Å². The molecule has 2 saturated heterocycles. The Morgan fingerprint density at radius 1 is 1.25 bits per heavy atom. The van der Waals surface area contributed by atoms with E-state index in [9.17, 15) is 4.79 Å². The highest BCUT2D eigenvalue weighted by Gasteiger charge is 2.27. The number of carbonyl (C=O) groups excluding carboxylic acids is 1. The Bertz CT molecular complexity index is 507. The van der Waals surface area contributed by atoms with Gasteiger partial charge in [-0.1, -0.05) is 0 Å². The van der Waals surface area contributed by atoms with Crippen LogP contribution in [0.2, 0.25) is 0 Å². The molecule has 0 radical (unpaired) electrons. The number of aromatic nitrogens is 1. The Balaban J connectivity index is 1.61. The predicted octanol–water partition coefficient (Wildman–Crippen LogP) is 2.28. The van der Waals surface area contributed by atoms with Crippen LogP contribution in [-0.2, 0) is 9.47 Å². The molecule has 7 nitrogen and oxygen atoms in total. The number of anilines is 1. The van der Waals surface area contributed by atoms with Crippen molar-refractivity contribution in [3.63, 3.8) is 0 Å². The number of rotatable bonds is 6. The molecule has 2 aliphatic rings. The highest BCUT2D eigenvalue weighted by molar-refractivity contribution is 5.89. The van der Waals surface area contributed by atoms with Crippen molar-refractivity contribution in [2.24, 2.45) is 0 Å². The molecule has 2 fully saturated rings. The molecule has 0 aliphatic carbocycles. The van der Waals surface area contributed by atoms with E-state index in [1.807, 2.05) is 0 Å². The molecular formula is C17H25N3O4. The van der Waals surface area contributed by atoms with E-state index in [4.69, 9.17) is 14.2 Å². The third-order valence-electron chi connectivity index (χ3n) is 4.38. The molecule has 3 heterocycles. The lowest BCUT2D eigenvalue weighted by Gasteiger charge is -2.28. The average Bonchev–Trinajstić information content (AvgIpc) is 3.29. The van der Waals surface area contributed by atoms with Crippen molar-refractivity contribution >= 4 is 11.7 Å². The van der Waals surface area contributed by atoms with E-state index < -0.39 is 0 Å². The van der Waals surface area contributed by atoms with Gasteiger partial charge in [0.25, 0.3) is 0 Å². The molecule has 0 unspecified atom stereocenters. The molecule has 0 saturated carbocycles. The van der Waals surface area contributed by atoms with Gasteiger partial charge < -0.3 is 24.4 Å². The van der Waals surface area contributed by atoms with Gasteiger partial charge in [0.15, 0.2) is 0 Å². The summed E-state index contributed by atoms with van der Waals surface area (Å²) in [4.78, 5) is 18.6. The van der Waals surface area contributed by atoms with Gasteiger partial charge in [0, 0.05) is 32.4 Å². The van der Waals surface area contributed by atoms with Gasteiger partial charge in [-0.05, 0) is 31.7 Å². The van der Waals surface area contributed by atoms with Gasteiger partial charge in [0.2, 0.25) is 5.88 Å². The maximum Gasteiger partial charge on any atom is 0.322 e. The average molecular weight is 335 g/mol. The Morgan fingerprint density at radius 2 is 1.92 bits per heavy atom. The summed E-state index contributed by atoms with van der Waals surface area (Å²) >= 11 is 0. The van der Waals surface area contributed by atoms with Crippen LogP contribution >= 0.6 is 0 Å². The van der Waals surface area contributed by atoms with Crippen molar-refractivity contribution in [3.05, 3.63) is 18.3 Å². The van der Waals surface area contributed by atoms with Gasteiger partial charge in [-0.25, -0.2) is 9.78 Å². The Morgan fingerprint density at radius 3 is 2.38 bits per heavy atom. The van der Waals surface area contributed by atoms with E-state index in [2.05, 4.69) is 10.3 Å². The minimum Gasteiger partial charge on any atom is -0.481 e. The van der Waals surface area contributed by atoms with Crippen molar-refractivity contribution in [1.29, 1.82) is 0 Å². The number of hydrogen-bond acceptors (Lipinski definition) is 5. The second kappa shape index (κ2) is 8.30. The highest BCUT2D eigenvalue weighted by atomic mass is 16.5. The number of urea groups is 1. The number of amides is 2. The van der Waals surface area contributed by atoms with Crippen LogP contribution in [0.1, 0.15) is 25.7 Å². The molecule has 1 aromatic rings. The molecule has 0 spiro atoms. The first-order valence-electron chi connectivity index (χ1n) is 8.54. The summed E-state index contributed by atoms with van der Waals surface area (Å²) < 4.78 is 16.4. The normalized spacial score (nSPS) is 23.2. The smallest absolute Gasteiger partial charge is 0.322 e. The molecule has 1 N–H and O–H groups in total. The van der Waals surface area contributed by atoms with Gasteiger partial charge in [-0.2, -0.15) is 0 Å². The molecule has 2 atom stereocenters. The Labute approximate surface area is 142 Å². The number of carbonyl (C=O) groups is 1. The third-order valence-corrected chi connectivity index (χ3v) is 4.38. The summed E-state index contributed by atoms with van der Waals surface area (Å²) in [5.74, 6) is 0.517. The summed E-state index contributed by atoms with van der Waals surface area (Å²) in [7, 11) is 1.56. The van der Waals surface area contributed by atoms with Crippen LogP contribution in [0.5, 0.6) is 5.88 Å².